The highest BCUT2D eigenvalue weighted by molar-refractivity contribution is 5.25. The van der Waals surface area contributed by atoms with Crippen LogP contribution in [0.4, 0.5) is 0 Å². The summed E-state index contributed by atoms with van der Waals surface area (Å²) in [5, 5.41) is 0. The summed E-state index contributed by atoms with van der Waals surface area (Å²) in [4.78, 5) is 0. The maximum absolute atomic E-state index is 5.76. The van der Waals surface area contributed by atoms with E-state index in [1.165, 1.54) is 63.4 Å². The summed E-state index contributed by atoms with van der Waals surface area (Å²) in [6, 6.07) is 9.28. The first-order valence-electron chi connectivity index (χ1n) is 12.2. The van der Waals surface area contributed by atoms with E-state index in [4.69, 9.17) is 4.74 Å². The normalized spacial score (nSPS) is 28.3. The summed E-state index contributed by atoms with van der Waals surface area (Å²) in [5.74, 6) is 3.64. The molecule has 0 saturated heterocycles. The van der Waals surface area contributed by atoms with Gasteiger partial charge < -0.3 is 4.74 Å². The Labute approximate surface area is 179 Å². The highest BCUT2D eigenvalue weighted by Crippen LogP contribution is 2.44. The molecule has 160 valence electrons. The van der Waals surface area contributed by atoms with E-state index in [1.807, 2.05) is 0 Å². The van der Waals surface area contributed by atoms with Crippen molar-refractivity contribution >= 4 is 0 Å². The minimum atomic E-state index is 0.737. The van der Waals surface area contributed by atoms with Crippen LogP contribution in [-0.2, 0) is 11.3 Å². The Morgan fingerprint density at radius 1 is 0.862 bits per heavy atom. The summed E-state index contributed by atoms with van der Waals surface area (Å²) >= 11 is 0. The highest BCUT2D eigenvalue weighted by Gasteiger charge is 2.30. The standard InChI is InChI=1S/C28H42O/c1-3-5-7-21-29-22-24-11-15-26(16-12-24)28-19-17-27(18-20-28)25-13-9-23(10-14-25)8-6-4-2/h3,5-6,8,11-12,15-16,23,25,27-28H,4,7,9-10,13-14,17-22H2,1-2H3/b5-3?,8-6+/t23-,25-,27?,28?. The average molecular weight is 395 g/mol. The fourth-order valence-corrected chi connectivity index (χ4v) is 5.46. The van der Waals surface area contributed by atoms with E-state index >= 15 is 0 Å². The number of allylic oxidation sites excluding steroid dienone is 3. The Bertz CT molecular complexity index is 610. The van der Waals surface area contributed by atoms with Crippen LogP contribution in [0.1, 0.15) is 95.1 Å². The van der Waals surface area contributed by atoms with Crippen LogP contribution in [0.2, 0.25) is 0 Å². The monoisotopic (exact) mass is 394 g/mol. The Morgan fingerprint density at radius 3 is 2.14 bits per heavy atom. The molecule has 0 unspecified atom stereocenters. The number of ether oxygens (including phenoxy) is 1. The van der Waals surface area contributed by atoms with Crippen LogP contribution < -0.4 is 0 Å². The van der Waals surface area contributed by atoms with Crippen LogP contribution in [-0.4, -0.2) is 6.61 Å². The van der Waals surface area contributed by atoms with E-state index in [9.17, 15) is 0 Å². The molecule has 3 rings (SSSR count). The average Bonchev–Trinajstić information content (AvgIpc) is 2.78. The van der Waals surface area contributed by atoms with Gasteiger partial charge in [0.05, 0.1) is 13.2 Å². The first-order valence-corrected chi connectivity index (χ1v) is 12.2. The molecule has 1 heteroatoms. The SMILES string of the molecule is CC=CCCOCc1ccc(C2CCC([C@H]3CC[C@H](/C=C/CC)CC3)CC2)cc1. The van der Waals surface area contributed by atoms with Crippen molar-refractivity contribution in [3.63, 3.8) is 0 Å². The van der Waals surface area contributed by atoms with E-state index in [0.29, 0.717) is 0 Å². The van der Waals surface area contributed by atoms with Crippen molar-refractivity contribution in [2.45, 2.75) is 90.6 Å². The fourth-order valence-electron chi connectivity index (χ4n) is 5.46. The second-order valence-electron chi connectivity index (χ2n) is 9.27. The Hall–Kier alpha value is -1.34. The second-order valence-corrected chi connectivity index (χ2v) is 9.27. The zero-order valence-electron chi connectivity index (χ0n) is 18.8. The minimum absolute atomic E-state index is 0.737. The molecular weight excluding hydrogens is 352 g/mol. The van der Waals surface area contributed by atoms with Crippen molar-refractivity contribution in [3.05, 3.63) is 59.7 Å². The first-order chi connectivity index (χ1) is 14.3. The Balaban J connectivity index is 1.38. The molecule has 0 aliphatic heterocycles. The van der Waals surface area contributed by atoms with Gasteiger partial charge in [0.2, 0.25) is 0 Å². The van der Waals surface area contributed by atoms with Crippen molar-refractivity contribution in [1.82, 2.24) is 0 Å². The van der Waals surface area contributed by atoms with Gasteiger partial charge >= 0.3 is 0 Å². The summed E-state index contributed by atoms with van der Waals surface area (Å²) in [5.41, 5.74) is 2.85. The van der Waals surface area contributed by atoms with E-state index in [1.54, 1.807) is 5.56 Å². The second kappa shape index (κ2) is 12.4. The van der Waals surface area contributed by atoms with Gasteiger partial charge in [-0.1, -0.05) is 55.5 Å². The fraction of sp³-hybridized carbons (Fsp3) is 0.643. The molecule has 0 aromatic heterocycles. The molecule has 0 radical (unpaired) electrons. The molecule has 2 saturated carbocycles. The molecule has 1 aromatic rings. The first kappa shape index (κ1) is 22.3. The lowest BCUT2D eigenvalue weighted by atomic mass is 9.68. The van der Waals surface area contributed by atoms with E-state index in [-0.39, 0.29) is 0 Å². The third kappa shape index (κ3) is 7.14. The summed E-state index contributed by atoms with van der Waals surface area (Å²) in [6.07, 6.45) is 22.8. The largest absolute Gasteiger partial charge is 0.376 e. The molecule has 2 aliphatic rings. The maximum Gasteiger partial charge on any atom is 0.0717 e. The van der Waals surface area contributed by atoms with Gasteiger partial charge in [-0.15, -0.1) is 0 Å². The molecule has 29 heavy (non-hydrogen) atoms. The molecular formula is C28H42O. The van der Waals surface area contributed by atoms with Crippen LogP contribution in [0, 0.1) is 17.8 Å². The maximum atomic E-state index is 5.76. The summed E-state index contributed by atoms with van der Waals surface area (Å²) in [6.45, 7) is 5.85. The Kier molecular flexibility index (Phi) is 9.54. The molecule has 0 N–H and O–H groups in total. The van der Waals surface area contributed by atoms with Gasteiger partial charge in [-0.3, -0.25) is 0 Å². The third-order valence-electron chi connectivity index (χ3n) is 7.28. The summed E-state index contributed by atoms with van der Waals surface area (Å²) < 4.78 is 5.76. The quantitative estimate of drug-likeness (QED) is 0.303. The smallest absolute Gasteiger partial charge is 0.0717 e. The number of hydrogen-bond acceptors (Lipinski definition) is 1. The lowest BCUT2D eigenvalue weighted by molar-refractivity contribution is 0.125. The highest BCUT2D eigenvalue weighted by atomic mass is 16.5. The van der Waals surface area contributed by atoms with Gasteiger partial charge in [-0.25, -0.2) is 0 Å². The van der Waals surface area contributed by atoms with Crippen LogP contribution in [0.5, 0.6) is 0 Å². The molecule has 0 spiro atoms. The van der Waals surface area contributed by atoms with Gasteiger partial charge in [-0.05, 0) is 106 Å². The Morgan fingerprint density at radius 2 is 1.52 bits per heavy atom. The molecule has 1 aromatic carbocycles. The topological polar surface area (TPSA) is 9.23 Å². The zero-order valence-corrected chi connectivity index (χ0v) is 18.8. The summed E-state index contributed by atoms with van der Waals surface area (Å²) in [7, 11) is 0. The number of benzene rings is 1. The predicted octanol–water partition coefficient (Wildman–Crippen LogP) is 8.22. The molecule has 0 atom stereocenters. The van der Waals surface area contributed by atoms with Crippen molar-refractivity contribution in [2.75, 3.05) is 6.61 Å². The van der Waals surface area contributed by atoms with Crippen LogP contribution in [0.3, 0.4) is 0 Å². The van der Waals surface area contributed by atoms with E-state index in [0.717, 1.165) is 43.3 Å². The van der Waals surface area contributed by atoms with Gasteiger partial charge in [0.15, 0.2) is 0 Å². The van der Waals surface area contributed by atoms with E-state index < -0.39 is 0 Å². The van der Waals surface area contributed by atoms with Gasteiger partial charge in [0.1, 0.15) is 0 Å². The van der Waals surface area contributed by atoms with Gasteiger partial charge in [0, 0.05) is 0 Å². The lowest BCUT2D eigenvalue weighted by Crippen LogP contribution is -2.25. The van der Waals surface area contributed by atoms with Gasteiger partial charge in [0.25, 0.3) is 0 Å². The van der Waals surface area contributed by atoms with Crippen molar-refractivity contribution in [3.8, 4) is 0 Å². The minimum Gasteiger partial charge on any atom is -0.376 e. The van der Waals surface area contributed by atoms with Crippen molar-refractivity contribution < 1.29 is 4.74 Å². The molecule has 2 aliphatic carbocycles. The van der Waals surface area contributed by atoms with Crippen molar-refractivity contribution in [1.29, 1.82) is 0 Å². The number of rotatable bonds is 9. The van der Waals surface area contributed by atoms with Crippen LogP contribution >= 0.6 is 0 Å². The van der Waals surface area contributed by atoms with Crippen LogP contribution in [0.15, 0.2) is 48.6 Å². The molecule has 0 amide bonds. The molecule has 0 heterocycles. The van der Waals surface area contributed by atoms with Crippen molar-refractivity contribution in [2.24, 2.45) is 17.8 Å². The predicted molar refractivity (Wildman–Crippen MR) is 125 cm³/mol. The zero-order chi connectivity index (χ0) is 20.3. The van der Waals surface area contributed by atoms with Gasteiger partial charge in [-0.2, -0.15) is 0 Å². The molecule has 1 nitrogen and oxygen atoms in total. The van der Waals surface area contributed by atoms with Crippen LogP contribution in [0.25, 0.3) is 0 Å². The third-order valence-corrected chi connectivity index (χ3v) is 7.28. The lowest BCUT2D eigenvalue weighted by Gasteiger charge is -2.37. The molecule has 0 bridgehead atoms. The molecule has 2 fully saturated rings. The van der Waals surface area contributed by atoms with E-state index in [2.05, 4.69) is 62.4 Å². The number of hydrogen-bond donors (Lipinski definition) is 0.